The highest BCUT2D eigenvalue weighted by molar-refractivity contribution is 7.12. The average Bonchev–Trinajstić information content (AvgIpc) is 3.41. The maximum atomic E-state index is 13.7. The SMILES string of the molecule is O=C(COc1ccccc1F)N1N=C(c2cccs2)C[C@@H]1c1ccco1. The Morgan fingerprint density at radius 3 is 2.88 bits per heavy atom. The number of halogens is 1. The second-order valence-electron chi connectivity index (χ2n) is 5.72. The van der Waals surface area contributed by atoms with Gasteiger partial charge in [0.05, 0.1) is 16.9 Å². The van der Waals surface area contributed by atoms with E-state index >= 15 is 0 Å². The second kappa shape index (κ2) is 7.13. The first kappa shape index (κ1) is 16.5. The maximum Gasteiger partial charge on any atom is 0.281 e. The Kier molecular flexibility index (Phi) is 4.53. The molecule has 0 aliphatic carbocycles. The first-order valence-electron chi connectivity index (χ1n) is 8.06. The van der Waals surface area contributed by atoms with Gasteiger partial charge in [-0.2, -0.15) is 5.10 Å². The Bertz CT molecular complexity index is 922. The fourth-order valence-electron chi connectivity index (χ4n) is 2.80. The number of benzene rings is 1. The average molecular weight is 370 g/mol. The monoisotopic (exact) mass is 370 g/mol. The molecule has 0 spiro atoms. The zero-order valence-corrected chi connectivity index (χ0v) is 14.5. The number of furan rings is 1. The van der Waals surface area contributed by atoms with Crippen molar-refractivity contribution in [1.29, 1.82) is 0 Å². The molecule has 0 saturated heterocycles. The van der Waals surface area contributed by atoms with E-state index in [0.717, 1.165) is 10.6 Å². The lowest BCUT2D eigenvalue weighted by Crippen LogP contribution is -2.31. The van der Waals surface area contributed by atoms with Gasteiger partial charge in [-0.25, -0.2) is 9.40 Å². The van der Waals surface area contributed by atoms with Crippen molar-refractivity contribution in [2.45, 2.75) is 12.5 Å². The highest BCUT2D eigenvalue weighted by Gasteiger charge is 2.35. The first-order valence-corrected chi connectivity index (χ1v) is 8.94. The van der Waals surface area contributed by atoms with Crippen molar-refractivity contribution in [2.24, 2.45) is 5.10 Å². The summed E-state index contributed by atoms with van der Waals surface area (Å²) in [4.78, 5) is 13.7. The van der Waals surface area contributed by atoms with Gasteiger partial charge in [-0.1, -0.05) is 18.2 Å². The fourth-order valence-corrected chi connectivity index (χ4v) is 3.52. The van der Waals surface area contributed by atoms with Crippen LogP contribution in [0.4, 0.5) is 4.39 Å². The molecule has 2 aromatic heterocycles. The number of hydrogen-bond acceptors (Lipinski definition) is 5. The molecule has 0 saturated carbocycles. The Labute approximate surface area is 153 Å². The lowest BCUT2D eigenvalue weighted by Gasteiger charge is -2.20. The topological polar surface area (TPSA) is 55.0 Å². The minimum Gasteiger partial charge on any atom is -0.481 e. The number of ether oxygens (including phenoxy) is 1. The molecule has 0 fully saturated rings. The van der Waals surface area contributed by atoms with E-state index < -0.39 is 5.82 Å². The van der Waals surface area contributed by atoms with Crippen LogP contribution in [0.2, 0.25) is 0 Å². The summed E-state index contributed by atoms with van der Waals surface area (Å²) in [5, 5.41) is 7.81. The number of hydrogen-bond donors (Lipinski definition) is 0. The largest absolute Gasteiger partial charge is 0.481 e. The molecule has 26 heavy (non-hydrogen) atoms. The van der Waals surface area contributed by atoms with Crippen LogP contribution in [0.5, 0.6) is 5.75 Å². The summed E-state index contributed by atoms with van der Waals surface area (Å²) in [5.41, 5.74) is 0.820. The normalized spacial score (nSPS) is 16.6. The molecule has 3 heterocycles. The van der Waals surface area contributed by atoms with E-state index in [1.807, 2.05) is 23.6 Å². The minimum atomic E-state index is -0.507. The van der Waals surface area contributed by atoms with Crippen LogP contribution in [0.15, 0.2) is 69.7 Å². The van der Waals surface area contributed by atoms with Crippen molar-refractivity contribution in [3.05, 3.63) is 76.6 Å². The van der Waals surface area contributed by atoms with Gasteiger partial charge in [-0.15, -0.1) is 11.3 Å². The number of carbonyl (C=O) groups excluding carboxylic acids is 1. The minimum absolute atomic E-state index is 0.0389. The maximum absolute atomic E-state index is 13.7. The molecule has 1 aromatic carbocycles. The zero-order valence-electron chi connectivity index (χ0n) is 13.7. The molecule has 0 N–H and O–H groups in total. The smallest absolute Gasteiger partial charge is 0.281 e. The molecule has 4 rings (SSSR count). The van der Waals surface area contributed by atoms with Crippen LogP contribution in [0, 0.1) is 5.82 Å². The molecule has 0 radical (unpaired) electrons. The third-order valence-corrected chi connectivity index (χ3v) is 4.95. The summed E-state index contributed by atoms with van der Waals surface area (Å²) >= 11 is 1.57. The van der Waals surface area contributed by atoms with Crippen molar-refractivity contribution in [2.75, 3.05) is 6.61 Å². The van der Waals surface area contributed by atoms with Crippen molar-refractivity contribution < 1.29 is 18.3 Å². The number of para-hydroxylation sites is 1. The summed E-state index contributed by atoms with van der Waals surface area (Å²) in [6.07, 6.45) is 2.12. The second-order valence-corrected chi connectivity index (χ2v) is 6.66. The van der Waals surface area contributed by atoms with Gasteiger partial charge in [-0.05, 0) is 35.7 Å². The summed E-state index contributed by atoms with van der Waals surface area (Å²) in [6.45, 7) is -0.306. The van der Waals surface area contributed by atoms with Crippen LogP contribution in [0.25, 0.3) is 0 Å². The number of carbonyl (C=O) groups is 1. The van der Waals surface area contributed by atoms with Crippen LogP contribution in [0.1, 0.15) is 23.1 Å². The Morgan fingerprint density at radius 2 is 2.15 bits per heavy atom. The number of hydrazone groups is 1. The first-order chi connectivity index (χ1) is 12.7. The van der Waals surface area contributed by atoms with Crippen molar-refractivity contribution in [3.63, 3.8) is 0 Å². The van der Waals surface area contributed by atoms with Gasteiger partial charge >= 0.3 is 0 Å². The van der Waals surface area contributed by atoms with E-state index in [9.17, 15) is 9.18 Å². The number of amides is 1. The molecular formula is C19H15FN2O3S. The Hall–Kier alpha value is -2.93. The van der Waals surface area contributed by atoms with Gasteiger partial charge in [0.1, 0.15) is 11.8 Å². The molecular weight excluding hydrogens is 355 g/mol. The summed E-state index contributed by atoms with van der Waals surface area (Å²) in [5.74, 6) is -0.176. The van der Waals surface area contributed by atoms with Crippen LogP contribution in [-0.2, 0) is 4.79 Å². The fraction of sp³-hybridized carbons (Fsp3) is 0.158. The standard InChI is InChI=1S/C19H15FN2O3S/c20-13-5-1-2-6-16(13)25-12-19(23)22-15(17-7-3-9-24-17)11-14(21-22)18-8-4-10-26-18/h1-10,15H,11-12H2/t15-/m1/s1. The van der Waals surface area contributed by atoms with Crippen molar-refractivity contribution in [3.8, 4) is 5.75 Å². The van der Waals surface area contributed by atoms with Crippen molar-refractivity contribution >= 4 is 23.0 Å². The highest BCUT2D eigenvalue weighted by Crippen LogP contribution is 2.34. The van der Waals surface area contributed by atoms with Crippen LogP contribution < -0.4 is 4.74 Å². The lowest BCUT2D eigenvalue weighted by molar-refractivity contribution is -0.135. The summed E-state index contributed by atoms with van der Waals surface area (Å²) < 4.78 is 24.5. The Balaban J connectivity index is 1.54. The zero-order chi connectivity index (χ0) is 17.9. The molecule has 1 atom stereocenters. The number of nitrogens with zero attached hydrogens (tertiary/aromatic N) is 2. The van der Waals surface area contributed by atoms with Crippen LogP contribution >= 0.6 is 11.3 Å². The molecule has 5 nitrogen and oxygen atoms in total. The van der Waals surface area contributed by atoms with Gasteiger partial charge < -0.3 is 9.15 Å². The highest BCUT2D eigenvalue weighted by atomic mass is 32.1. The third-order valence-electron chi connectivity index (χ3n) is 4.03. The van der Waals surface area contributed by atoms with Gasteiger partial charge in [0.25, 0.3) is 5.91 Å². The Morgan fingerprint density at radius 1 is 1.27 bits per heavy atom. The molecule has 0 unspecified atom stereocenters. The van der Waals surface area contributed by atoms with Crippen LogP contribution in [-0.4, -0.2) is 23.2 Å². The molecule has 3 aromatic rings. The molecule has 1 aliphatic heterocycles. The quantitative estimate of drug-likeness (QED) is 0.675. The molecule has 0 bridgehead atoms. The van der Waals surface area contributed by atoms with E-state index in [4.69, 9.17) is 9.15 Å². The van der Waals surface area contributed by atoms with E-state index in [2.05, 4.69) is 5.10 Å². The number of rotatable bonds is 5. The molecule has 1 aliphatic rings. The van der Waals surface area contributed by atoms with Gasteiger partial charge in [0.2, 0.25) is 0 Å². The van der Waals surface area contributed by atoms with E-state index in [0.29, 0.717) is 12.2 Å². The van der Waals surface area contributed by atoms with E-state index in [1.54, 1.807) is 35.8 Å². The summed E-state index contributed by atoms with van der Waals surface area (Å²) in [6, 6.07) is 13.1. The number of thiophene rings is 1. The van der Waals surface area contributed by atoms with E-state index in [1.165, 1.54) is 17.1 Å². The molecule has 7 heteroatoms. The van der Waals surface area contributed by atoms with E-state index in [-0.39, 0.29) is 24.3 Å². The molecule has 132 valence electrons. The van der Waals surface area contributed by atoms with Crippen LogP contribution in [0.3, 0.4) is 0 Å². The van der Waals surface area contributed by atoms with Gasteiger partial charge in [-0.3, -0.25) is 4.79 Å². The predicted octanol–water partition coefficient (Wildman–Crippen LogP) is 4.24. The summed E-state index contributed by atoms with van der Waals surface area (Å²) in [7, 11) is 0. The van der Waals surface area contributed by atoms with Gasteiger partial charge in [0.15, 0.2) is 18.2 Å². The predicted molar refractivity (Wildman–Crippen MR) is 95.7 cm³/mol. The van der Waals surface area contributed by atoms with Gasteiger partial charge in [0, 0.05) is 6.42 Å². The molecule has 1 amide bonds. The lowest BCUT2D eigenvalue weighted by atomic mass is 10.1. The third kappa shape index (κ3) is 3.25. The van der Waals surface area contributed by atoms with Crippen molar-refractivity contribution in [1.82, 2.24) is 5.01 Å².